The van der Waals surface area contributed by atoms with Crippen molar-refractivity contribution < 1.29 is 4.74 Å². The molecule has 2 heterocycles. The molecule has 0 radical (unpaired) electrons. The molecule has 0 aromatic carbocycles. The minimum absolute atomic E-state index is 0.260. The third kappa shape index (κ3) is 2.82. The molecular formula is C11H18N4O. The Labute approximate surface area is 95.6 Å². The van der Waals surface area contributed by atoms with Gasteiger partial charge in [-0.25, -0.2) is 4.98 Å². The molecule has 1 aromatic rings. The molecule has 0 bridgehead atoms. The molecule has 0 amide bonds. The average molecular weight is 222 g/mol. The van der Waals surface area contributed by atoms with Crippen molar-refractivity contribution in [2.45, 2.75) is 25.3 Å². The van der Waals surface area contributed by atoms with Crippen LogP contribution < -0.4 is 10.5 Å². The molecule has 1 unspecified atom stereocenters. The van der Waals surface area contributed by atoms with Crippen LogP contribution in [0.5, 0.6) is 5.88 Å². The van der Waals surface area contributed by atoms with Gasteiger partial charge in [0, 0.05) is 18.3 Å². The zero-order chi connectivity index (χ0) is 11.4. The standard InChI is InChI=1S/C11H18N4O/c1-15-7-2-3-9(15)5-8-16-10-4-6-13-11(12)14-10/h4,6,9H,2-3,5,7-8H2,1H3,(H2,12,13,14). The minimum atomic E-state index is 0.260. The summed E-state index contributed by atoms with van der Waals surface area (Å²) in [6.45, 7) is 1.89. The van der Waals surface area contributed by atoms with Crippen molar-refractivity contribution in [3.05, 3.63) is 12.3 Å². The molecule has 0 spiro atoms. The zero-order valence-corrected chi connectivity index (χ0v) is 9.59. The minimum Gasteiger partial charge on any atom is -0.477 e. The highest BCUT2D eigenvalue weighted by Gasteiger charge is 2.20. The summed E-state index contributed by atoms with van der Waals surface area (Å²) in [5, 5.41) is 0. The van der Waals surface area contributed by atoms with Crippen LogP contribution in [0.25, 0.3) is 0 Å². The first-order chi connectivity index (χ1) is 7.75. The number of anilines is 1. The Morgan fingerprint density at radius 1 is 1.62 bits per heavy atom. The van der Waals surface area contributed by atoms with Crippen LogP contribution >= 0.6 is 0 Å². The predicted molar refractivity (Wildman–Crippen MR) is 62.2 cm³/mol. The second-order valence-corrected chi connectivity index (χ2v) is 4.17. The van der Waals surface area contributed by atoms with Crippen LogP contribution in [0.1, 0.15) is 19.3 Å². The first kappa shape index (κ1) is 11.1. The van der Waals surface area contributed by atoms with Crippen LogP contribution in [-0.2, 0) is 0 Å². The van der Waals surface area contributed by atoms with E-state index in [0.29, 0.717) is 18.5 Å². The van der Waals surface area contributed by atoms with E-state index in [0.717, 1.165) is 6.42 Å². The first-order valence-corrected chi connectivity index (χ1v) is 5.67. The van der Waals surface area contributed by atoms with Gasteiger partial charge in [0.2, 0.25) is 11.8 Å². The summed E-state index contributed by atoms with van der Waals surface area (Å²) < 4.78 is 5.54. The van der Waals surface area contributed by atoms with Gasteiger partial charge in [0.15, 0.2) is 0 Å². The maximum atomic E-state index is 5.54. The van der Waals surface area contributed by atoms with Gasteiger partial charge >= 0.3 is 0 Å². The van der Waals surface area contributed by atoms with Crippen LogP contribution in [0.15, 0.2) is 12.3 Å². The molecule has 1 aliphatic rings. The molecule has 2 N–H and O–H groups in total. The zero-order valence-electron chi connectivity index (χ0n) is 9.59. The molecule has 1 fully saturated rings. The summed E-state index contributed by atoms with van der Waals surface area (Å²) in [5.74, 6) is 0.823. The number of aromatic nitrogens is 2. The van der Waals surface area contributed by atoms with Gasteiger partial charge < -0.3 is 15.4 Å². The highest BCUT2D eigenvalue weighted by Crippen LogP contribution is 2.18. The normalized spacial score (nSPS) is 21.2. The molecule has 1 atom stereocenters. The van der Waals surface area contributed by atoms with E-state index in [1.54, 1.807) is 12.3 Å². The summed E-state index contributed by atoms with van der Waals surface area (Å²) in [6.07, 6.45) is 5.22. The van der Waals surface area contributed by atoms with Gasteiger partial charge in [-0.15, -0.1) is 0 Å². The molecule has 2 rings (SSSR count). The topological polar surface area (TPSA) is 64.3 Å². The average Bonchev–Trinajstić information content (AvgIpc) is 2.65. The number of nitrogen functional groups attached to an aromatic ring is 1. The Kier molecular flexibility index (Phi) is 3.56. The van der Waals surface area contributed by atoms with Gasteiger partial charge in [-0.3, -0.25) is 0 Å². The Bertz CT molecular complexity index is 345. The van der Waals surface area contributed by atoms with Crippen molar-refractivity contribution in [2.24, 2.45) is 0 Å². The van der Waals surface area contributed by atoms with Crippen LogP contribution in [0, 0.1) is 0 Å². The molecule has 0 saturated carbocycles. The van der Waals surface area contributed by atoms with Crippen LogP contribution in [0.3, 0.4) is 0 Å². The molecule has 5 nitrogen and oxygen atoms in total. The molecular weight excluding hydrogens is 204 g/mol. The van der Waals surface area contributed by atoms with E-state index < -0.39 is 0 Å². The Hall–Kier alpha value is -1.36. The molecule has 1 aliphatic heterocycles. The van der Waals surface area contributed by atoms with Crippen molar-refractivity contribution in [1.82, 2.24) is 14.9 Å². The van der Waals surface area contributed by atoms with Gasteiger partial charge in [-0.2, -0.15) is 4.98 Å². The van der Waals surface area contributed by atoms with Crippen LogP contribution in [0.2, 0.25) is 0 Å². The summed E-state index contributed by atoms with van der Waals surface area (Å²) in [7, 11) is 2.17. The van der Waals surface area contributed by atoms with E-state index >= 15 is 0 Å². The maximum Gasteiger partial charge on any atom is 0.223 e. The van der Waals surface area contributed by atoms with Gasteiger partial charge in [0.05, 0.1) is 6.61 Å². The number of hydrogen-bond acceptors (Lipinski definition) is 5. The Morgan fingerprint density at radius 2 is 2.50 bits per heavy atom. The van der Waals surface area contributed by atoms with E-state index in [4.69, 9.17) is 10.5 Å². The number of nitrogens with two attached hydrogens (primary N) is 1. The van der Waals surface area contributed by atoms with Gasteiger partial charge in [-0.05, 0) is 32.9 Å². The van der Waals surface area contributed by atoms with Crippen molar-refractivity contribution in [1.29, 1.82) is 0 Å². The fraction of sp³-hybridized carbons (Fsp3) is 0.636. The molecule has 5 heteroatoms. The second-order valence-electron chi connectivity index (χ2n) is 4.17. The van der Waals surface area contributed by atoms with E-state index in [2.05, 4.69) is 21.9 Å². The lowest BCUT2D eigenvalue weighted by molar-refractivity contribution is 0.228. The number of nitrogens with zero attached hydrogens (tertiary/aromatic N) is 3. The Morgan fingerprint density at radius 3 is 3.19 bits per heavy atom. The maximum absolute atomic E-state index is 5.54. The Balaban J connectivity index is 1.75. The highest BCUT2D eigenvalue weighted by molar-refractivity contribution is 5.20. The first-order valence-electron chi connectivity index (χ1n) is 5.67. The lowest BCUT2D eigenvalue weighted by Crippen LogP contribution is -2.26. The highest BCUT2D eigenvalue weighted by atomic mass is 16.5. The van der Waals surface area contributed by atoms with Crippen LogP contribution in [-0.4, -0.2) is 41.1 Å². The van der Waals surface area contributed by atoms with Gasteiger partial charge in [0.1, 0.15) is 0 Å². The number of hydrogen-bond donors (Lipinski definition) is 1. The molecule has 1 aromatic heterocycles. The van der Waals surface area contributed by atoms with Gasteiger partial charge in [-0.1, -0.05) is 0 Å². The monoisotopic (exact) mass is 222 g/mol. The van der Waals surface area contributed by atoms with Crippen molar-refractivity contribution >= 4 is 5.95 Å². The molecule has 0 aliphatic carbocycles. The van der Waals surface area contributed by atoms with Crippen molar-refractivity contribution in [3.8, 4) is 5.88 Å². The van der Waals surface area contributed by atoms with E-state index in [9.17, 15) is 0 Å². The third-order valence-corrected chi connectivity index (χ3v) is 3.02. The fourth-order valence-electron chi connectivity index (χ4n) is 2.08. The van der Waals surface area contributed by atoms with Crippen LogP contribution in [0.4, 0.5) is 5.95 Å². The summed E-state index contributed by atoms with van der Waals surface area (Å²) in [5.41, 5.74) is 5.46. The largest absolute Gasteiger partial charge is 0.477 e. The number of rotatable bonds is 4. The fourth-order valence-corrected chi connectivity index (χ4v) is 2.08. The quantitative estimate of drug-likeness (QED) is 0.820. The predicted octanol–water partition coefficient (Wildman–Crippen LogP) is 0.922. The SMILES string of the molecule is CN1CCCC1CCOc1ccnc(N)n1. The summed E-state index contributed by atoms with van der Waals surface area (Å²) in [6, 6.07) is 2.38. The molecule has 1 saturated heterocycles. The van der Waals surface area contributed by atoms with E-state index in [1.165, 1.54) is 19.4 Å². The molecule has 88 valence electrons. The lowest BCUT2D eigenvalue weighted by atomic mass is 10.1. The van der Waals surface area contributed by atoms with E-state index in [1.807, 2.05) is 0 Å². The summed E-state index contributed by atoms with van der Waals surface area (Å²) in [4.78, 5) is 10.2. The summed E-state index contributed by atoms with van der Waals surface area (Å²) >= 11 is 0. The van der Waals surface area contributed by atoms with Gasteiger partial charge in [0.25, 0.3) is 0 Å². The number of likely N-dealkylation sites (tertiary alicyclic amines) is 1. The number of ether oxygens (including phenoxy) is 1. The second kappa shape index (κ2) is 5.12. The van der Waals surface area contributed by atoms with E-state index in [-0.39, 0.29) is 5.95 Å². The molecule has 16 heavy (non-hydrogen) atoms. The smallest absolute Gasteiger partial charge is 0.223 e. The lowest BCUT2D eigenvalue weighted by Gasteiger charge is -2.18. The van der Waals surface area contributed by atoms with Crippen molar-refractivity contribution in [2.75, 3.05) is 25.9 Å². The van der Waals surface area contributed by atoms with Crippen molar-refractivity contribution in [3.63, 3.8) is 0 Å². The third-order valence-electron chi connectivity index (χ3n) is 3.02.